The van der Waals surface area contributed by atoms with Crippen LogP contribution in [0.25, 0.3) is 21.5 Å². The number of benzene rings is 7. The highest BCUT2D eigenvalue weighted by Crippen LogP contribution is 2.48. The van der Waals surface area contributed by atoms with E-state index >= 15 is 0 Å². The molecule has 3 amide bonds. The minimum Gasteiger partial charge on any atom is -0.444 e. The lowest BCUT2D eigenvalue weighted by atomic mass is 9.84. The molecule has 16 rings (SSSR count). The molecule has 34 heteroatoms. The smallest absolute Gasteiger partial charge is 0.444 e. The van der Waals surface area contributed by atoms with Gasteiger partial charge in [0.15, 0.2) is 0 Å². The SMILES string of the molecule is Brc1ccc2cnccc2c1.CC(C)(C)OC(=O)N1CCc2c(ccc(Br)c2[N+](=O)[O-])C1.CC(C)(C)OC(=O)N1CCc2c(ccc(C3CC3)c2N)C1.CC(C)(C)OC(=O)N1CCc2c(ccc(C3CC3)c2[N+](=O)[O-])C1.O=Cc1ccc(Br)cc1.O=[N+]([O-])c1c(Br)ccc2c1CCNC2.O=[N+]([O-])c1c(Br)ccc2cnccc12.OB(O)C1CC1. The molecule has 9 aromatic rings. The molecule has 0 saturated heterocycles. The molecule has 4 aliphatic heterocycles. The van der Waals surface area contributed by atoms with E-state index in [0.717, 1.165) is 117 Å². The Balaban J connectivity index is 0.000000159. The third-order valence-electron chi connectivity index (χ3n) is 19.5. The number of carbonyl (C=O) groups is 4. The van der Waals surface area contributed by atoms with Gasteiger partial charge in [0, 0.05) is 124 Å². The number of carbonyl (C=O) groups excluding carboxylic acids is 4. The maximum atomic E-state index is 12.2. The lowest BCUT2D eigenvalue weighted by Crippen LogP contribution is -2.40. The molecule has 3 aliphatic carbocycles. The molecule has 28 nitrogen and oxygen atoms in total. The van der Waals surface area contributed by atoms with Crippen molar-refractivity contribution >= 4 is 161 Å². The van der Waals surface area contributed by atoms with Gasteiger partial charge in [0.2, 0.25) is 0 Å². The van der Waals surface area contributed by atoms with E-state index in [1.807, 2.05) is 123 Å². The Bertz CT molecular complexity index is 5210. The van der Waals surface area contributed by atoms with Crippen LogP contribution in [0.5, 0.6) is 0 Å². The zero-order chi connectivity index (χ0) is 87.0. The number of nitro benzene ring substituents is 4. The number of aldehydes is 1. The summed E-state index contributed by atoms with van der Waals surface area (Å²) >= 11 is 16.3. The summed E-state index contributed by atoms with van der Waals surface area (Å²) < 4.78 is 19.8. The number of nitrogens with one attached hydrogen (secondary N) is 1. The van der Waals surface area contributed by atoms with Gasteiger partial charge in [-0.05, 0) is 279 Å². The highest BCUT2D eigenvalue weighted by Gasteiger charge is 2.38. The quantitative estimate of drug-likeness (QED) is 0.0274. The number of nitrogen functional groups attached to an aromatic ring is 1. The Morgan fingerprint density at radius 2 is 0.891 bits per heavy atom. The number of nitrogens with two attached hydrogens (primary N) is 1. The molecule has 3 saturated carbocycles. The highest BCUT2D eigenvalue weighted by atomic mass is 79.9. The molecule has 7 aliphatic rings. The molecule has 0 unspecified atom stereocenters. The van der Waals surface area contributed by atoms with Crippen molar-refractivity contribution in [1.82, 2.24) is 30.0 Å². The predicted octanol–water partition coefficient (Wildman–Crippen LogP) is 20.6. The van der Waals surface area contributed by atoms with Crippen molar-refractivity contribution in [2.75, 3.05) is 31.9 Å². The molecular weight excluding hydrogens is 1860 g/mol. The highest BCUT2D eigenvalue weighted by molar-refractivity contribution is 9.11. The second-order valence-electron chi connectivity index (χ2n) is 32.2. The average Bonchev–Trinajstić information content (AvgIpc) is 1.03. The van der Waals surface area contributed by atoms with Gasteiger partial charge in [-0.3, -0.25) is 55.2 Å². The van der Waals surface area contributed by atoms with E-state index in [-0.39, 0.29) is 55.5 Å². The number of nitrogens with zero attached hydrogens (tertiary/aromatic N) is 9. The van der Waals surface area contributed by atoms with Gasteiger partial charge < -0.3 is 50.0 Å². The largest absolute Gasteiger partial charge is 0.454 e. The number of rotatable bonds is 8. The van der Waals surface area contributed by atoms with E-state index in [1.54, 1.807) is 75.8 Å². The first-order valence-corrected chi connectivity index (χ1v) is 42.6. The summed E-state index contributed by atoms with van der Waals surface area (Å²) in [6, 6.07) is 35.6. The minimum absolute atomic E-state index is 0.0879. The van der Waals surface area contributed by atoms with Crippen LogP contribution in [0.4, 0.5) is 42.8 Å². The molecule has 7 aromatic carbocycles. The van der Waals surface area contributed by atoms with Gasteiger partial charge in [-0.15, -0.1) is 0 Å². The van der Waals surface area contributed by atoms with Crippen molar-refractivity contribution in [3.05, 3.63) is 264 Å². The number of halogens is 5. The van der Waals surface area contributed by atoms with Gasteiger partial charge >= 0.3 is 25.4 Å². The molecule has 0 radical (unpaired) electrons. The van der Waals surface area contributed by atoms with Crippen LogP contribution in [0.2, 0.25) is 5.82 Å². The summed E-state index contributed by atoms with van der Waals surface area (Å²) in [5, 5.41) is 67.8. The number of nitro groups is 4. The topological polar surface area (TPSA) is 383 Å². The van der Waals surface area contributed by atoms with Gasteiger partial charge in [0.25, 0.3) is 22.7 Å². The molecule has 2 aromatic heterocycles. The first-order valence-electron chi connectivity index (χ1n) is 38.6. The maximum Gasteiger partial charge on any atom is 0.454 e. The van der Waals surface area contributed by atoms with Crippen molar-refractivity contribution in [3.63, 3.8) is 0 Å². The van der Waals surface area contributed by atoms with Crippen molar-refractivity contribution in [2.24, 2.45) is 0 Å². The monoisotopic (exact) mass is 1950 g/mol. The van der Waals surface area contributed by atoms with Gasteiger partial charge in [-0.25, -0.2) is 14.4 Å². The van der Waals surface area contributed by atoms with Gasteiger partial charge in [0.1, 0.15) is 23.1 Å². The Labute approximate surface area is 732 Å². The number of ether oxygens (including phenoxy) is 3. The predicted molar refractivity (Wildman–Crippen MR) is 474 cm³/mol. The van der Waals surface area contributed by atoms with Crippen LogP contribution in [0.1, 0.15) is 179 Å². The molecule has 119 heavy (non-hydrogen) atoms. The fourth-order valence-electron chi connectivity index (χ4n) is 13.3. The summed E-state index contributed by atoms with van der Waals surface area (Å²) in [5.74, 6) is 1.22. The molecule has 6 heterocycles. The fourth-order valence-corrected chi connectivity index (χ4v) is 15.5. The molecule has 0 spiro atoms. The summed E-state index contributed by atoms with van der Waals surface area (Å²) in [6.45, 7) is 21.0. The van der Waals surface area contributed by atoms with Crippen molar-refractivity contribution in [3.8, 4) is 0 Å². The van der Waals surface area contributed by atoms with Crippen LogP contribution in [-0.2, 0) is 66.1 Å². The molecular formula is C85H95BBr5N11O17. The Morgan fingerprint density at radius 3 is 1.35 bits per heavy atom. The number of anilines is 1. The number of hydrogen-bond donors (Lipinski definition) is 4. The molecule has 630 valence electrons. The normalized spacial score (nSPS) is 14.9. The minimum atomic E-state index is -1.04. The van der Waals surface area contributed by atoms with Crippen LogP contribution >= 0.6 is 79.6 Å². The van der Waals surface area contributed by atoms with Crippen LogP contribution in [-0.4, -0.2) is 129 Å². The van der Waals surface area contributed by atoms with Crippen LogP contribution in [0, 0.1) is 40.5 Å². The lowest BCUT2D eigenvalue weighted by molar-refractivity contribution is -0.386. The van der Waals surface area contributed by atoms with Crippen LogP contribution < -0.4 is 11.1 Å². The summed E-state index contributed by atoms with van der Waals surface area (Å²) in [7, 11) is -1.04. The second-order valence-corrected chi connectivity index (χ2v) is 36.5. The van der Waals surface area contributed by atoms with Gasteiger partial charge in [0.05, 0.1) is 38.5 Å². The first kappa shape index (κ1) is 93.5. The first-order chi connectivity index (χ1) is 56.2. The molecule has 0 atom stereocenters. The molecule has 3 fully saturated rings. The summed E-state index contributed by atoms with van der Waals surface area (Å²) in [5.41, 5.74) is 16.7. The van der Waals surface area contributed by atoms with E-state index in [1.165, 1.54) is 34.7 Å². The number of fused-ring (bicyclic) bond motifs is 6. The number of aromatic nitrogens is 2. The maximum absolute atomic E-state index is 12.2. The van der Waals surface area contributed by atoms with Crippen molar-refractivity contribution in [2.45, 2.75) is 187 Å². The zero-order valence-electron chi connectivity index (χ0n) is 67.4. The number of amides is 3. The fraction of sp³-hybridized carbons (Fsp3) is 0.388. The van der Waals surface area contributed by atoms with E-state index in [0.29, 0.717) is 93.9 Å². The lowest BCUT2D eigenvalue weighted by Gasteiger charge is -2.32. The van der Waals surface area contributed by atoms with Crippen molar-refractivity contribution in [1.29, 1.82) is 0 Å². The Morgan fingerprint density at radius 1 is 0.487 bits per heavy atom. The Hall–Kier alpha value is -9.42. The third-order valence-corrected chi connectivity index (χ3v) is 22.5. The van der Waals surface area contributed by atoms with Gasteiger partial charge in [-0.1, -0.05) is 105 Å². The zero-order valence-corrected chi connectivity index (χ0v) is 75.3. The third kappa shape index (κ3) is 27.3. The standard InChI is InChI=1S/C17H22N2O4.C17H24N2O2.C14H17BrN2O4.C9H9BrN2O2.C9H5BrN2O2.C9H6BrN.C7H5BrO.C3H7BO2/c1-17(2,3)23-16(20)18-9-8-14-12(10-18)6-7-13(11-4-5-11)15(14)19(21)22;1-17(2,3)21-16(20)19-9-8-14-12(10-19)6-7-13(15(14)18)11-4-5-11;1-14(2,3)21-13(18)16-7-6-10-9(8-16)4-5-11(15)12(10)17(19)20;2*10-8-2-1-6-5-11-4-3-7(6)9(8)12(13)14;10-9-2-1-8-6-11-4-3-7(8)5-9;8-7-3-1-6(5-9)2-4-7;5-4(6)3-1-2-3/h6-7,11H,4-5,8-10H2,1-3H3;6-7,11H,4-5,8-10,18H2,1-3H3;4-5H,6-8H2,1-3H3;1-2,11H,3-5H2;1-5H;1-6H;1-5H;3,5-6H,1-2H2. The second kappa shape index (κ2) is 41.7. The Kier molecular flexibility index (Phi) is 32.8. The summed E-state index contributed by atoms with van der Waals surface area (Å²) in [6.07, 6.45) is 15.7. The van der Waals surface area contributed by atoms with Crippen LogP contribution in [0.3, 0.4) is 0 Å². The van der Waals surface area contributed by atoms with E-state index < -0.39 is 34.9 Å². The number of pyridine rings is 2. The van der Waals surface area contributed by atoms with Gasteiger partial charge in [-0.2, -0.15) is 0 Å². The van der Waals surface area contributed by atoms with E-state index in [4.69, 9.17) is 30.0 Å². The number of hydrogen-bond acceptors (Lipinski definition) is 21. The van der Waals surface area contributed by atoms with E-state index in [2.05, 4.69) is 113 Å². The molecule has 0 bridgehead atoms. The summed E-state index contributed by atoms with van der Waals surface area (Å²) in [4.78, 5) is 102. The average molecular weight is 1950 g/mol. The molecule has 5 N–H and O–H groups in total. The van der Waals surface area contributed by atoms with Crippen molar-refractivity contribution < 1.29 is 63.1 Å². The van der Waals surface area contributed by atoms with Crippen LogP contribution in [0.15, 0.2) is 162 Å². The van der Waals surface area contributed by atoms with E-state index in [9.17, 15) is 59.6 Å².